The molecule has 1 aliphatic carbocycles. The van der Waals surface area contributed by atoms with E-state index in [1.54, 1.807) is 48.1 Å². The van der Waals surface area contributed by atoms with Crippen LogP contribution in [0.3, 0.4) is 0 Å². The van der Waals surface area contributed by atoms with E-state index < -0.39 is 17.4 Å². The zero-order valence-corrected chi connectivity index (χ0v) is 15.4. The Morgan fingerprint density at radius 1 is 1.27 bits per heavy atom. The fraction of sp³-hybridized carbons (Fsp3) is 0.421. The van der Waals surface area contributed by atoms with E-state index in [1.807, 2.05) is 0 Å². The molecular weight excluding hydrogens is 354 g/mol. The van der Waals surface area contributed by atoms with Crippen molar-refractivity contribution in [3.8, 4) is 0 Å². The van der Waals surface area contributed by atoms with E-state index in [9.17, 15) is 14.7 Å². The smallest absolute Gasteiger partial charge is 0.334 e. The molecule has 0 saturated heterocycles. The average molecular weight is 376 g/mol. The van der Waals surface area contributed by atoms with Crippen molar-refractivity contribution in [2.45, 2.75) is 50.6 Å². The van der Waals surface area contributed by atoms with E-state index in [0.717, 1.165) is 25.7 Å². The number of carbonyl (C=O) groups is 2. The molecule has 1 fully saturated rings. The van der Waals surface area contributed by atoms with Crippen LogP contribution < -0.4 is 5.32 Å². The molecule has 1 heterocycles. The zero-order valence-electron chi connectivity index (χ0n) is 14.6. The number of nitrogens with zero attached hydrogens (tertiary/aromatic N) is 2. The van der Waals surface area contributed by atoms with Crippen LogP contribution in [-0.4, -0.2) is 26.8 Å². The van der Waals surface area contributed by atoms with E-state index in [1.165, 1.54) is 0 Å². The Kier molecular flexibility index (Phi) is 5.32. The molecule has 1 saturated carbocycles. The van der Waals surface area contributed by atoms with E-state index in [0.29, 0.717) is 16.3 Å². The van der Waals surface area contributed by atoms with Gasteiger partial charge in [0, 0.05) is 11.2 Å². The van der Waals surface area contributed by atoms with Crippen molar-refractivity contribution < 1.29 is 14.7 Å². The summed E-state index contributed by atoms with van der Waals surface area (Å²) < 4.78 is 1.73. The Morgan fingerprint density at radius 3 is 2.50 bits per heavy atom. The summed E-state index contributed by atoms with van der Waals surface area (Å²) in [6.07, 6.45) is 5.99. The van der Waals surface area contributed by atoms with Gasteiger partial charge in [0.1, 0.15) is 5.69 Å². The van der Waals surface area contributed by atoms with Gasteiger partial charge in [-0.15, -0.1) is 0 Å². The molecule has 0 spiro atoms. The van der Waals surface area contributed by atoms with Crippen LogP contribution in [0, 0.1) is 0 Å². The third kappa shape index (κ3) is 3.33. The van der Waals surface area contributed by atoms with Crippen LogP contribution in [0.4, 0.5) is 0 Å². The lowest BCUT2D eigenvalue weighted by atomic mass is 9.87. The van der Waals surface area contributed by atoms with E-state index in [4.69, 9.17) is 11.6 Å². The molecule has 1 aromatic heterocycles. The van der Waals surface area contributed by atoms with Crippen LogP contribution in [0.2, 0.25) is 5.02 Å². The Balaban J connectivity index is 1.92. The second kappa shape index (κ2) is 7.50. The number of aliphatic carboxylic acids is 1. The lowest BCUT2D eigenvalue weighted by Crippen LogP contribution is -2.52. The number of carboxylic acids is 1. The number of amides is 1. The molecule has 0 radical (unpaired) electrons. The summed E-state index contributed by atoms with van der Waals surface area (Å²) >= 11 is 5.92. The van der Waals surface area contributed by atoms with E-state index in [2.05, 4.69) is 10.4 Å². The molecule has 26 heavy (non-hydrogen) atoms. The van der Waals surface area contributed by atoms with Crippen molar-refractivity contribution in [1.82, 2.24) is 15.1 Å². The summed E-state index contributed by atoms with van der Waals surface area (Å²) in [5, 5.41) is 17.4. The first kappa shape index (κ1) is 18.5. The van der Waals surface area contributed by atoms with Crippen molar-refractivity contribution in [3.05, 3.63) is 52.8 Å². The van der Waals surface area contributed by atoms with Crippen molar-refractivity contribution in [2.75, 3.05) is 0 Å². The summed E-state index contributed by atoms with van der Waals surface area (Å²) in [6.45, 7) is 1.73. The van der Waals surface area contributed by atoms with Crippen molar-refractivity contribution in [1.29, 1.82) is 0 Å². The molecule has 1 unspecified atom stereocenters. The summed E-state index contributed by atoms with van der Waals surface area (Å²) in [7, 11) is 0. The molecule has 1 aromatic carbocycles. The monoisotopic (exact) mass is 375 g/mol. The van der Waals surface area contributed by atoms with Gasteiger partial charge in [0.2, 0.25) is 0 Å². The zero-order chi connectivity index (χ0) is 18.7. The van der Waals surface area contributed by atoms with Crippen LogP contribution in [0.25, 0.3) is 0 Å². The first-order chi connectivity index (χ1) is 12.5. The maximum atomic E-state index is 12.9. The summed E-state index contributed by atoms with van der Waals surface area (Å²) in [5.41, 5.74) is -0.644. The highest BCUT2D eigenvalue weighted by molar-refractivity contribution is 6.30. The normalized spacial score (nSPS) is 17.0. The lowest BCUT2D eigenvalue weighted by Gasteiger charge is -2.30. The van der Waals surface area contributed by atoms with Crippen LogP contribution in [0.1, 0.15) is 61.1 Å². The molecule has 0 bridgehead atoms. The third-order valence-electron chi connectivity index (χ3n) is 5.13. The molecule has 1 amide bonds. The second-order valence-electron chi connectivity index (χ2n) is 6.62. The SMILES string of the molecule is CCC(NC(=O)c1ccnn1C1CCCC1)(C(=O)O)c1ccc(Cl)cc1. The molecule has 3 rings (SSSR count). The fourth-order valence-corrected chi connectivity index (χ4v) is 3.74. The Hall–Kier alpha value is -2.34. The standard InChI is InChI=1S/C19H22ClN3O3/c1-2-19(18(25)26,13-7-9-14(20)10-8-13)22-17(24)16-11-12-21-23(16)15-5-3-4-6-15/h7-12,15H,2-6H2,1H3,(H,22,24)(H,25,26). The van der Waals surface area contributed by atoms with Gasteiger partial charge in [-0.05, 0) is 43.0 Å². The topological polar surface area (TPSA) is 84.2 Å². The van der Waals surface area contributed by atoms with Crippen LogP contribution in [0.15, 0.2) is 36.5 Å². The molecule has 2 aromatic rings. The number of carboxylic acid groups (broad SMARTS) is 1. The minimum Gasteiger partial charge on any atom is -0.479 e. The number of hydrogen-bond donors (Lipinski definition) is 2. The summed E-state index contributed by atoms with van der Waals surface area (Å²) in [4.78, 5) is 25.1. The average Bonchev–Trinajstić information content (AvgIpc) is 3.30. The molecule has 1 atom stereocenters. The number of halogens is 1. The maximum absolute atomic E-state index is 12.9. The first-order valence-corrected chi connectivity index (χ1v) is 9.21. The van der Waals surface area contributed by atoms with Gasteiger partial charge in [-0.3, -0.25) is 9.48 Å². The lowest BCUT2D eigenvalue weighted by molar-refractivity contribution is -0.145. The van der Waals surface area contributed by atoms with Gasteiger partial charge in [0.25, 0.3) is 5.91 Å². The van der Waals surface area contributed by atoms with Gasteiger partial charge in [-0.2, -0.15) is 5.10 Å². The summed E-state index contributed by atoms with van der Waals surface area (Å²) in [5.74, 6) is -1.55. The number of benzene rings is 1. The van der Waals surface area contributed by atoms with Gasteiger partial charge in [-0.25, -0.2) is 4.79 Å². The van der Waals surface area contributed by atoms with Crippen LogP contribution in [-0.2, 0) is 10.3 Å². The molecule has 7 heteroatoms. The van der Waals surface area contributed by atoms with Gasteiger partial charge in [-0.1, -0.05) is 43.5 Å². The Labute approximate surface area is 157 Å². The van der Waals surface area contributed by atoms with Crippen LogP contribution in [0.5, 0.6) is 0 Å². The van der Waals surface area contributed by atoms with Crippen LogP contribution >= 0.6 is 11.6 Å². The third-order valence-corrected chi connectivity index (χ3v) is 5.38. The minimum atomic E-state index is -1.52. The number of carbonyl (C=O) groups excluding carboxylic acids is 1. The van der Waals surface area contributed by atoms with Crippen molar-refractivity contribution in [2.24, 2.45) is 0 Å². The minimum absolute atomic E-state index is 0.196. The fourth-order valence-electron chi connectivity index (χ4n) is 3.62. The largest absolute Gasteiger partial charge is 0.479 e. The van der Waals surface area contributed by atoms with Gasteiger partial charge in [0.15, 0.2) is 5.54 Å². The molecular formula is C19H22ClN3O3. The molecule has 1 aliphatic rings. The number of aromatic nitrogens is 2. The predicted molar refractivity (Wildman–Crippen MR) is 98.3 cm³/mol. The van der Waals surface area contributed by atoms with Gasteiger partial charge >= 0.3 is 5.97 Å². The van der Waals surface area contributed by atoms with Crippen molar-refractivity contribution >= 4 is 23.5 Å². The number of rotatable bonds is 6. The second-order valence-corrected chi connectivity index (χ2v) is 7.06. The first-order valence-electron chi connectivity index (χ1n) is 8.83. The predicted octanol–water partition coefficient (Wildman–Crippen LogP) is 3.77. The van der Waals surface area contributed by atoms with Gasteiger partial charge < -0.3 is 10.4 Å². The highest BCUT2D eigenvalue weighted by Crippen LogP contribution is 2.31. The molecule has 6 nitrogen and oxygen atoms in total. The number of nitrogens with one attached hydrogen (secondary N) is 1. The summed E-state index contributed by atoms with van der Waals surface area (Å²) in [6, 6.07) is 8.35. The van der Waals surface area contributed by atoms with E-state index in [-0.39, 0.29) is 12.5 Å². The molecule has 138 valence electrons. The van der Waals surface area contributed by atoms with E-state index >= 15 is 0 Å². The highest BCUT2D eigenvalue weighted by Gasteiger charge is 2.41. The quantitative estimate of drug-likeness (QED) is 0.804. The Morgan fingerprint density at radius 2 is 1.92 bits per heavy atom. The highest BCUT2D eigenvalue weighted by atomic mass is 35.5. The molecule has 0 aliphatic heterocycles. The molecule has 2 N–H and O–H groups in total. The Bertz CT molecular complexity index is 797. The van der Waals surface area contributed by atoms with Gasteiger partial charge in [0.05, 0.1) is 6.04 Å². The maximum Gasteiger partial charge on any atom is 0.334 e. The van der Waals surface area contributed by atoms with Crippen molar-refractivity contribution in [3.63, 3.8) is 0 Å². The number of hydrogen-bond acceptors (Lipinski definition) is 3.